The third-order valence-corrected chi connectivity index (χ3v) is 5.52. The lowest BCUT2D eigenvalue weighted by atomic mass is 10.1. The first kappa shape index (κ1) is 25.2. The molecule has 37 heavy (non-hydrogen) atoms. The van der Waals surface area contributed by atoms with Crippen LogP contribution >= 0.6 is 0 Å². The lowest BCUT2D eigenvalue weighted by molar-refractivity contribution is -0.116. The SMILES string of the molecule is O=C(CCc1ccccc1)Nc1cccc(NC(=O)CNc2ccc(C(=O)NCc3ccco3)cc2)c1. The minimum absolute atomic E-state index is 0.0394. The normalized spacial score (nSPS) is 10.4. The maximum atomic E-state index is 12.4. The molecule has 0 aliphatic heterocycles. The first-order chi connectivity index (χ1) is 18.0. The van der Waals surface area contributed by atoms with Gasteiger partial charge in [0.25, 0.3) is 5.91 Å². The highest BCUT2D eigenvalue weighted by Gasteiger charge is 2.08. The molecule has 0 spiro atoms. The van der Waals surface area contributed by atoms with Crippen molar-refractivity contribution in [3.8, 4) is 0 Å². The Morgan fingerprint density at radius 1 is 0.703 bits per heavy atom. The fraction of sp³-hybridized carbons (Fsp3) is 0.138. The largest absolute Gasteiger partial charge is 0.467 e. The molecular weight excluding hydrogens is 468 g/mol. The van der Waals surface area contributed by atoms with E-state index in [0.717, 1.165) is 5.56 Å². The Morgan fingerprint density at radius 2 is 1.43 bits per heavy atom. The van der Waals surface area contributed by atoms with Gasteiger partial charge in [0.1, 0.15) is 5.76 Å². The monoisotopic (exact) mass is 496 g/mol. The van der Waals surface area contributed by atoms with Crippen LogP contribution in [0, 0.1) is 0 Å². The van der Waals surface area contributed by atoms with Crippen molar-refractivity contribution in [1.29, 1.82) is 0 Å². The van der Waals surface area contributed by atoms with Crippen molar-refractivity contribution in [3.63, 3.8) is 0 Å². The number of carbonyl (C=O) groups excluding carboxylic acids is 3. The number of carbonyl (C=O) groups is 3. The summed E-state index contributed by atoms with van der Waals surface area (Å²) in [5.41, 5.74) is 3.51. The number of nitrogens with one attached hydrogen (secondary N) is 4. The van der Waals surface area contributed by atoms with Crippen molar-refractivity contribution in [2.45, 2.75) is 19.4 Å². The molecule has 0 aliphatic rings. The van der Waals surface area contributed by atoms with Gasteiger partial charge in [-0.05, 0) is 66.6 Å². The van der Waals surface area contributed by atoms with Crippen molar-refractivity contribution in [1.82, 2.24) is 5.32 Å². The molecule has 0 aliphatic carbocycles. The van der Waals surface area contributed by atoms with Gasteiger partial charge >= 0.3 is 0 Å². The first-order valence-electron chi connectivity index (χ1n) is 11.9. The summed E-state index contributed by atoms with van der Waals surface area (Å²) in [5.74, 6) is 0.126. The summed E-state index contributed by atoms with van der Waals surface area (Å²) in [6, 6.07) is 27.2. The van der Waals surface area contributed by atoms with Gasteiger partial charge in [-0.2, -0.15) is 0 Å². The molecule has 0 saturated heterocycles. The molecular formula is C29H28N4O4. The van der Waals surface area contributed by atoms with E-state index in [9.17, 15) is 14.4 Å². The highest BCUT2D eigenvalue weighted by atomic mass is 16.3. The van der Waals surface area contributed by atoms with E-state index in [-0.39, 0.29) is 24.3 Å². The number of aryl methyl sites for hydroxylation is 1. The standard InChI is InChI=1S/C29H28N4O4/c34-27(16-11-21-6-2-1-3-7-21)32-24-8-4-9-25(18-24)33-28(35)20-30-23-14-12-22(13-15-23)29(36)31-19-26-10-5-17-37-26/h1-10,12-15,17-18,30H,11,16,19-20H2,(H,31,36)(H,32,34)(H,33,35). The second kappa shape index (κ2) is 12.7. The van der Waals surface area contributed by atoms with Crippen LogP contribution in [0.1, 0.15) is 28.1 Å². The van der Waals surface area contributed by atoms with Gasteiger partial charge in [-0.25, -0.2) is 0 Å². The highest BCUT2D eigenvalue weighted by Crippen LogP contribution is 2.16. The van der Waals surface area contributed by atoms with E-state index >= 15 is 0 Å². The number of hydrogen-bond donors (Lipinski definition) is 4. The van der Waals surface area contributed by atoms with E-state index in [1.165, 1.54) is 0 Å². The lowest BCUT2D eigenvalue weighted by Gasteiger charge is -2.10. The van der Waals surface area contributed by atoms with Gasteiger partial charge in [-0.3, -0.25) is 14.4 Å². The molecule has 1 aromatic heterocycles. The van der Waals surface area contributed by atoms with Gasteiger partial charge in [0.05, 0.1) is 19.4 Å². The third-order valence-electron chi connectivity index (χ3n) is 5.52. The summed E-state index contributed by atoms with van der Waals surface area (Å²) in [6.45, 7) is 0.349. The van der Waals surface area contributed by atoms with Crippen molar-refractivity contribution in [2.75, 3.05) is 22.5 Å². The third kappa shape index (κ3) is 8.10. The molecule has 3 aromatic carbocycles. The summed E-state index contributed by atoms with van der Waals surface area (Å²) in [4.78, 5) is 37.0. The van der Waals surface area contributed by atoms with Crippen molar-refractivity contribution in [2.24, 2.45) is 0 Å². The molecule has 0 saturated carbocycles. The van der Waals surface area contributed by atoms with Crippen LogP contribution in [0.25, 0.3) is 0 Å². The van der Waals surface area contributed by atoms with Gasteiger partial charge in [-0.1, -0.05) is 36.4 Å². The lowest BCUT2D eigenvalue weighted by Crippen LogP contribution is -2.23. The van der Waals surface area contributed by atoms with Gasteiger partial charge in [0.15, 0.2) is 0 Å². The van der Waals surface area contributed by atoms with Gasteiger partial charge in [-0.15, -0.1) is 0 Å². The minimum atomic E-state index is -0.243. The smallest absolute Gasteiger partial charge is 0.251 e. The molecule has 0 unspecified atom stereocenters. The van der Waals surface area contributed by atoms with Crippen LogP contribution in [0.2, 0.25) is 0 Å². The van der Waals surface area contributed by atoms with E-state index in [4.69, 9.17) is 4.42 Å². The van der Waals surface area contributed by atoms with Crippen LogP contribution < -0.4 is 21.3 Å². The van der Waals surface area contributed by atoms with E-state index in [1.54, 1.807) is 66.9 Å². The Balaban J connectivity index is 1.20. The van der Waals surface area contributed by atoms with E-state index in [1.807, 2.05) is 30.3 Å². The summed E-state index contributed by atoms with van der Waals surface area (Å²) < 4.78 is 5.20. The Kier molecular flexibility index (Phi) is 8.69. The summed E-state index contributed by atoms with van der Waals surface area (Å²) in [6.07, 6.45) is 2.58. The van der Waals surface area contributed by atoms with Crippen molar-refractivity contribution in [3.05, 3.63) is 114 Å². The van der Waals surface area contributed by atoms with E-state index < -0.39 is 0 Å². The number of furan rings is 1. The number of anilines is 3. The van der Waals surface area contributed by atoms with Crippen LogP contribution in [0.3, 0.4) is 0 Å². The average molecular weight is 497 g/mol. The summed E-state index contributed by atoms with van der Waals surface area (Å²) in [7, 11) is 0. The molecule has 8 nitrogen and oxygen atoms in total. The predicted molar refractivity (Wildman–Crippen MR) is 143 cm³/mol. The molecule has 3 amide bonds. The maximum absolute atomic E-state index is 12.4. The molecule has 4 aromatic rings. The topological polar surface area (TPSA) is 112 Å². The zero-order chi connectivity index (χ0) is 25.9. The van der Waals surface area contributed by atoms with Gasteiger partial charge in [0, 0.05) is 29.0 Å². The molecule has 4 rings (SSSR count). The van der Waals surface area contributed by atoms with Gasteiger partial charge < -0.3 is 25.7 Å². The second-order valence-corrected chi connectivity index (χ2v) is 8.36. The molecule has 0 atom stereocenters. The van der Waals surface area contributed by atoms with Crippen LogP contribution in [0.5, 0.6) is 0 Å². The van der Waals surface area contributed by atoms with Crippen LogP contribution in [0.4, 0.5) is 17.1 Å². The molecule has 4 N–H and O–H groups in total. The maximum Gasteiger partial charge on any atom is 0.251 e. The minimum Gasteiger partial charge on any atom is -0.467 e. The zero-order valence-corrected chi connectivity index (χ0v) is 20.2. The van der Waals surface area contributed by atoms with Crippen LogP contribution in [-0.4, -0.2) is 24.3 Å². The number of amides is 3. The van der Waals surface area contributed by atoms with Crippen molar-refractivity contribution < 1.29 is 18.8 Å². The van der Waals surface area contributed by atoms with E-state index in [0.29, 0.717) is 47.8 Å². The molecule has 0 bridgehead atoms. The molecule has 0 radical (unpaired) electrons. The molecule has 1 heterocycles. The first-order valence-corrected chi connectivity index (χ1v) is 11.9. The van der Waals surface area contributed by atoms with Crippen molar-refractivity contribution >= 4 is 34.8 Å². The number of rotatable bonds is 11. The Labute approximate surface area is 215 Å². The fourth-order valence-electron chi connectivity index (χ4n) is 3.61. The Hall–Kier alpha value is -4.85. The van der Waals surface area contributed by atoms with Crippen LogP contribution in [0.15, 0.2) is 102 Å². The average Bonchev–Trinajstić information content (AvgIpc) is 3.44. The number of hydrogen-bond acceptors (Lipinski definition) is 5. The summed E-state index contributed by atoms with van der Waals surface area (Å²) in [5, 5.41) is 11.5. The second-order valence-electron chi connectivity index (χ2n) is 8.36. The number of benzene rings is 3. The Bertz CT molecular complexity index is 1320. The fourth-order valence-corrected chi connectivity index (χ4v) is 3.61. The van der Waals surface area contributed by atoms with Crippen LogP contribution in [-0.2, 0) is 22.6 Å². The highest BCUT2D eigenvalue weighted by molar-refractivity contribution is 5.96. The molecule has 188 valence electrons. The summed E-state index contributed by atoms with van der Waals surface area (Å²) >= 11 is 0. The quantitative estimate of drug-likeness (QED) is 0.238. The molecule has 8 heteroatoms. The van der Waals surface area contributed by atoms with E-state index in [2.05, 4.69) is 21.3 Å². The molecule has 0 fully saturated rings. The Morgan fingerprint density at radius 3 is 2.14 bits per heavy atom. The predicted octanol–water partition coefficient (Wildman–Crippen LogP) is 4.83. The van der Waals surface area contributed by atoms with Gasteiger partial charge in [0.2, 0.25) is 11.8 Å². The zero-order valence-electron chi connectivity index (χ0n) is 20.2.